The molecule has 0 spiro atoms. The van der Waals surface area contributed by atoms with Gasteiger partial charge in [0, 0.05) is 44.1 Å². The van der Waals surface area contributed by atoms with Crippen molar-refractivity contribution in [2.45, 2.75) is 32.7 Å². The lowest BCUT2D eigenvalue weighted by atomic mass is 10.0. The molecule has 2 aliphatic heterocycles. The minimum Gasteiger partial charge on any atom is -0.337 e. The van der Waals surface area contributed by atoms with Gasteiger partial charge in [-0.1, -0.05) is 6.92 Å². The average molecular weight is 307 g/mol. The Morgan fingerprint density at radius 3 is 3.24 bits per heavy atom. The molecule has 2 amide bonds. The molecule has 3 rings (SSSR count). The number of urea groups is 1. The topological polar surface area (TPSA) is 35.6 Å². The Balaban J connectivity index is 1.39. The third-order valence-corrected chi connectivity index (χ3v) is 5.56. The second-order valence-corrected chi connectivity index (χ2v) is 7.32. The number of thiophene rings is 1. The molecule has 1 N–H and O–H groups in total. The molecule has 0 radical (unpaired) electrons. The number of nitrogens with one attached hydrogen (secondary N) is 1. The quantitative estimate of drug-likeness (QED) is 0.931. The predicted molar refractivity (Wildman–Crippen MR) is 86.7 cm³/mol. The van der Waals surface area contributed by atoms with Crippen molar-refractivity contribution >= 4 is 17.4 Å². The highest BCUT2D eigenvalue weighted by Gasteiger charge is 2.21. The molecule has 1 aromatic heterocycles. The second-order valence-electron chi connectivity index (χ2n) is 6.32. The minimum atomic E-state index is 0.120. The lowest BCUT2D eigenvalue weighted by Gasteiger charge is -2.31. The maximum Gasteiger partial charge on any atom is 0.317 e. The van der Waals surface area contributed by atoms with E-state index in [0.717, 1.165) is 52.1 Å². The first-order chi connectivity index (χ1) is 10.2. The number of carbonyl (C=O) groups excluding carboxylic acids is 1. The van der Waals surface area contributed by atoms with Crippen LogP contribution in [0.3, 0.4) is 0 Å². The van der Waals surface area contributed by atoms with E-state index < -0.39 is 0 Å². The number of amides is 2. The molecule has 1 atom stereocenters. The fourth-order valence-electron chi connectivity index (χ4n) is 3.30. The summed E-state index contributed by atoms with van der Waals surface area (Å²) in [6.45, 7) is 7.91. The highest BCUT2D eigenvalue weighted by atomic mass is 32.1. The first-order valence-corrected chi connectivity index (χ1v) is 8.90. The van der Waals surface area contributed by atoms with Crippen molar-refractivity contribution in [1.82, 2.24) is 15.1 Å². The van der Waals surface area contributed by atoms with E-state index in [9.17, 15) is 4.79 Å². The molecule has 5 heteroatoms. The number of hydrogen-bond acceptors (Lipinski definition) is 3. The fourth-order valence-corrected chi connectivity index (χ4v) is 4.19. The van der Waals surface area contributed by atoms with Gasteiger partial charge in [0.2, 0.25) is 0 Å². The lowest BCUT2D eigenvalue weighted by molar-refractivity contribution is 0.167. The van der Waals surface area contributed by atoms with Crippen molar-refractivity contribution in [3.63, 3.8) is 0 Å². The average Bonchev–Trinajstić information content (AvgIpc) is 2.94. The molecule has 1 unspecified atom stereocenters. The van der Waals surface area contributed by atoms with Gasteiger partial charge in [0.15, 0.2) is 0 Å². The molecular weight excluding hydrogens is 282 g/mol. The highest BCUT2D eigenvalue weighted by Crippen LogP contribution is 2.23. The Morgan fingerprint density at radius 1 is 1.48 bits per heavy atom. The van der Waals surface area contributed by atoms with Crippen molar-refractivity contribution in [2.24, 2.45) is 5.92 Å². The molecule has 4 nitrogen and oxygen atoms in total. The van der Waals surface area contributed by atoms with Crippen molar-refractivity contribution in [2.75, 3.05) is 32.7 Å². The molecule has 1 aromatic rings. The first-order valence-electron chi connectivity index (χ1n) is 8.03. The van der Waals surface area contributed by atoms with E-state index in [2.05, 4.69) is 28.6 Å². The molecule has 2 aliphatic rings. The smallest absolute Gasteiger partial charge is 0.317 e. The van der Waals surface area contributed by atoms with Gasteiger partial charge in [-0.3, -0.25) is 4.90 Å². The van der Waals surface area contributed by atoms with Gasteiger partial charge in [-0.05, 0) is 42.2 Å². The number of rotatable bonds is 3. The van der Waals surface area contributed by atoms with Crippen LogP contribution >= 0.6 is 11.3 Å². The standard InChI is InChI=1S/C16H25N3OS/c1-13-3-2-7-19(11-13)16(20)17-6-9-18-8-4-15-14(12-18)5-10-21-15/h5,10,13H,2-4,6-9,11-12H2,1H3,(H,17,20). The monoisotopic (exact) mass is 307 g/mol. The molecule has 0 aromatic carbocycles. The van der Waals surface area contributed by atoms with E-state index in [0.29, 0.717) is 5.92 Å². The number of fused-ring (bicyclic) bond motifs is 1. The van der Waals surface area contributed by atoms with Crippen LogP contribution in [0.5, 0.6) is 0 Å². The number of hydrogen-bond donors (Lipinski definition) is 1. The third-order valence-electron chi connectivity index (χ3n) is 4.54. The Morgan fingerprint density at radius 2 is 2.38 bits per heavy atom. The van der Waals surface area contributed by atoms with Crippen LogP contribution in [0.2, 0.25) is 0 Å². The van der Waals surface area contributed by atoms with E-state index in [1.54, 1.807) is 0 Å². The lowest BCUT2D eigenvalue weighted by Crippen LogP contribution is -2.47. The van der Waals surface area contributed by atoms with Gasteiger partial charge in [-0.25, -0.2) is 4.79 Å². The summed E-state index contributed by atoms with van der Waals surface area (Å²) in [4.78, 5) is 18.1. The van der Waals surface area contributed by atoms with Crippen LogP contribution in [-0.4, -0.2) is 48.6 Å². The zero-order chi connectivity index (χ0) is 14.7. The van der Waals surface area contributed by atoms with Crippen LogP contribution in [0.25, 0.3) is 0 Å². The summed E-state index contributed by atoms with van der Waals surface area (Å²) < 4.78 is 0. The predicted octanol–water partition coefficient (Wildman–Crippen LogP) is 2.55. The van der Waals surface area contributed by atoms with Gasteiger partial charge in [-0.2, -0.15) is 0 Å². The summed E-state index contributed by atoms with van der Waals surface area (Å²) in [5.41, 5.74) is 1.47. The Bertz CT molecular complexity index is 488. The Kier molecular flexibility index (Phi) is 4.80. The summed E-state index contributed by atoms with van der Waals surface area (Å²) in [5.74, 6) is 0.642. The molecule has 0 bridgehead atoms. The summed E-state index contributed by atoms with van der Waals surface area (Å²) in [6.07, 6.45) is 3.55. The zero-order valence-corrected chi connectivity index (χ0v) is 13.6. The number of likely N-dealkylation sites (tertiary alicyclic amines) is 1. The molecule has 0 saturated carbocycles. The van der Waals surface area contributed by atoms with Gasteiger partial charge in [0.1, 0.15) is 0 Å². The van der Waals surface area contributed by atoms with Crippen LogP contribution in [0, 0.1) is 5.92 Å². The van der Waals surface area contributed by atoms with Crippen LogP contribution in [-0.2, 0) is 13.0 Å². The molecule has 1 saturated heterocycles. The van der Waals surface area contributed by atoms with Crippen LogP contribution < -0.4 is 5.32 Å². The van der Waals surface area contributed by atoms with E-state index in [1.807, 2.05) is 16.2 Å². The molecule has 21 heavy (non-hydrogen) atoms. The van der Waals surface area contributed by atoms with E-state index in [1.165, 1.54) is 16.9 Å². The molecule has 3 heterocycles. The van der Waals surface area contributed by atoms with Gasteiger partial charge in [0.25, 0.3) is 0 Å². The van der Waals surface area contributed by atoms with Crippen molar-refractivity contribution in [1.29, 1.82) is 0 Å². The molecule has 116 valence electrons. The maximum absolute atomic E-state index is 12.1. The molecular formula is C16H25N3OS. The number of piperidine rings is 1. The zero-order valence-electron chi connectivity index (χ0n) is 12.8. The summed E-state index contributed by atoms with van der Waals surface area (Å²) in [6, 6.07) is 2.36. The number of nitrogens with zero attached hydrogens (tertiary/aromatic N) is 2. The molecule has 0 aliphatic carbocycles. The van der Waals surface area contributed by atoms with Crippen LogP contribution in [0.4, 0.5) is 4.79 Å². The van der Waals surface area contributed by atoms with Gasteiger partial charge in [-0.15, -0.1) is 11.3 Å². The van der Waals surface area contributed by atoms with Gasteiger partial charge in [0.05, 0.1) is 0 Å². The first kappa shape index (κ1) is 14.9. The molecule has 1 fully saturated rings. The highest BCUT2D eigenvalue weighted by molar-refractivity contribution is 7.10. The Labute approximate surface area is 131 Å². The van der Waals surface area contributed by atoms with E-state index in [4.69, 9.17) is 0 Å². The normalized spacial score (nSPS) is 22.9. The number of carbonyl (C=O) groups is 1. The van der Waals surface area contributed by atoms with E-state index in [-0.39, 0.29) is 6.03 Å². The third kappa shape index (κ3) is 3.77. The SMILES string of the molecule is CC1CCCN(C(=O)NCCN2CCc3sccc3C2)C1. The van der Waals surface area contributed by atoms with Gasteiger partial charge < -0.3 is 10.2 Å². The van der Waals surface area contributed by atoms with Crippen molar-refractivity contribution in [3.05, 3.63) is 21.9 Å². The largest absolute Gasteiger partial charge is 0.337 e. The Hall–Kier alpha value is -1.07. The maximum atomic E-state index is 12.1. The van der Waals surface area contributed by atoms with E-state index >= 15 is 0 Å². The van der Waals surface area contributed by atoms with Gasteiger partial charge >= 0.3 is 6.03 Å². The van der Waals surface area contributed by atoms with Crippen LogP contribution in [0.15, 0.2) is 11.4 Å². The summed E-state index contributed by atoms with van der Waals surface area (Å²) in [5, 5.41) is 5.27. The summed E-state index contributed by atoms with van der Waals surface area (Å²) >= 11 is 1.87. The van der Waals surface area contributed by atoms with Crippen molar-refractivity contribution in [3.8, 4) is 0 Å². The summed E-state index contributed by atoms with van der Waals surface area (Å²) in [7, 11) is 0. The minimum absolute atomic E-state index is 0.120. The second kappa shape index (κ2) is 6.79. The van der Waals surface area contributed by atoms with Crippen LogP contribution in [0.1, 0.15) is 30.2 Å². The fraction of sp³-hybridized carbons (Fsp3) is 0.688. The van der Waals surface area contributed by atoms with Crippen molar-refractivity contribution < 1.29 is 4.79 Å².